The number of rotatable bonds is 33. The lowest BCUT2D eigenvalue weighted by Crippen LogP contribution is -2.31. The maximum atomic E-state index is 6.68. The molecule has 3 nitrogen and oxygen atoms in total. The van der Waals surface area contributed by atoms with Crippen molar-refractivity contribution in [2.45, 2.75) is 212 Å². The molecule has 0 aromatic carbocycles. The van der Waals surface area contributed by atoms with Crippen LogP contribution >= 0.6 is 0 Å². The maximum absolute atomic E-state index is 6.68. The third-order valence-electron chi connectivity index (χ3n) is 9.48. The number of hydrogen-bond acceptors (Lipinski definition) is 3. The van der Waals surface area contributed by atoms with Crippen LogP contribution in [0.1, 0.15) is 200 Å². The minimum atomic E-state index is -0.302. The molecule has 0 aromatic rings. The van der Waals surface area contributed by atoms with Gasteiger partial charge in [-0.15, -0.1) is 0 Å². The molecular formula is C41H79NO2. The van der Waals surface area contributed by atoms with E-state index in [1.807, 2.05) is 0 Å². The standard InChI is InChI=1S/C41H79NO2/c1-5-7-9-11-13-15-17-19-21-22-24-26-28-30-32-34-37-41(43-39-40(44-41)35-38-42(3)4)36-33-31-29-27-25-23-20-18-16-14-12-10-8-6-2/h13,15,19,21,40H,5-12,14,16-18,20,22-39H2,1-4H3/b15-13-,21-19-. The number of unbranched alkanes of at least 4 members (excludes halogenated alkanes) is 22. The molecule has 0 bridgehead atoms. The van der Waals surface area contributed by atoms with E-state index in [0.717, 1.165) is 38.8 Å². The van der Waals surface area contributed by atoms with Crippen LogP contribution in [-0.4, -0.2) is 44.0 Å². The topological polar surface area (TPSA) is 21.7 Å². The van der Waals surface area contributed by atoms with Gasteiger partial charge >= 0.3 is 0 Å². The van der Waals surface area contributed by atoms with Crippen molar-refractivity contribution in [1.29, 1.82) is 0 Å². The molecule has 0 N–H and O–H groups in total. The first-order chi connectivity index (χ1) is 21.6. The van der Waals surface area contributed by atoms with Gasteiger partial charge in [-0.3, -0.25) is 0 Å². The van der Waals surface area contributed by atoms with Crippen molar-refractivity contribution in [3.63, 3.8) is 0 Å². The Kier molecular flexibility index (Phi) is 29.1. The van der Waals surface area contributed by atoms with Gasteiger partial charge in [-0.05, 0) is 65.5 Å². The van der Waals surface area contributed by atoms with Gasteiger partial charge in [0.25, 0.3) is 0 Å². The minimum Gasteiger partial charge on any atom is -0.347 e. The summed E-state index contributed by atoms with van der Waals surface area (Å²) in [5, 5.41) is 0. The van der Waals surface area contributed by atoms with E-state index in [0.29, 0.717) is 0 Å². The van der Waals surface area contributed by atoms with Crippen LogP contribution in [-0.2, 0) is 9.47 Å². The monoisotopic (exact) mass is 618 g/mol. The van der Waals surface area contributed by atoms with E-state index in [4.69, 9.17) is 9.47 Å². The number of allylic oxidation sites excluding steroid dienone is 4. The lowest BCUT2D eigenvalue weighted by Gasteiger charge is -2.29. The second-order valence-electron chi connectivity index (χ2n) is 14.2. The van der Waals surface area contributed by atoms with Gasteiger partial charge in [-0.2, -0.15) is 0 Å². The Morgan fingerprint density at radius 3 is 1.43 bits per heavy atom. The first kappa shape index (κ1) is 41.4. The second kappa shape index (κ2) is 31.0. The molecule has 260 valence electrons. The van der Waals surface area contributed by atoms with Gasteiger partial charge in [0.05, 0.1) is 12.7 Å². The fraction of sp³-hybridized carbons (Fsp3) is 0.902. The Bertz CT molecular complexity index is 645. The highest BCUT2D eigenvalue weighted by molar-refractivity contribution is 4.92. The summed E-state index contributed by atoms with van der Waals surface area (Å²) in [7, 11) is 4.31. The van der Waals surface area contributed by atoms with Crippen LogP contribution in [0.4, 0.5) is 0 Å². The Hall–Kier alpha value is -0.640. The molecule has 2 unspecified atom stereocenters. The molecule has 1 aliphatic heterocycles. The first-order valence-corrected chi connectivity index (χ1v) is 19.9. The normalized spacial score (nSPS) is 19.0. The third kappa shape index (κ3) is 25.5. The van der Waals surface area contributed by atoms with Crippen LogP contribution < -0.4 is 0 Å². The zero-order chi connectivity index (χ0) is 31.8. The summed E-state index contributed by atoms with van der Waals surface area (Å²) in [6, 6.07) is 0. The molecule has 1 heterocycles. The summed E-state index contributed by atoms with van der Waals surface area (Å²) < 4.78 is 13.1. The average Bonchev–Trinajstić information content (AvgIpc) is 3.43. The molecule has 0 aliphatic carbocycles. The zero-order valence-corrected chi connectivity index (χ0v) is 30.6. The molecule has 1 fully saturated rings. The molecule has 1 saturated heterocycles. The van der Waals surface area contributed by atoms with Crippen LogP contribution in [0.5, 0.6) is 0 Å². The van der Waals surface area contributed by atoms with Gasteiger partial charge < -0.3 is 14.4 Å². The first-order valence-electron chi connectivity index (χ1n) is 19.9. The molecule has 1 rings (SSSR count). The van der Waals surface area contributed by atoms with Crippen molar-refractivity contribution in [2.75, 3.05) is 27.2 Å². The average molecular weight is 618 g/mol. The van der Waals surface area contributed by atoms with Gasteiger partial charge in [0, 0.05) is 19.4 Å². The molecule has 44 heavy (non-hydrogen) atoms. The van der Waals surface area contributed by atoms with E-state index in [1.54, 1.807) is 0 Å². The molecular weight excluding hydrogens is 538 g/mol. The molecule has 1 aliphatic rings. The van der Waals surface area contributed by atoms with Crippen LogP contribution in [0.25, 0.3) is 0 Å². The maximum Gasteiger partial charge on any atom is 0.168 e. The van der Waals surface area contributed by atoms with Crippen LogP contribution in [0, 0.1) is 0 Å². The molecule has 0 aromatic heterocycles. The molecule has 0 amide bonds. The summed E-state index contributed by atoms with van der Waals surface area (Å²) in [4.78, 5) is 2.26. The van der Waals surface area contributed by atoms with Gasteiger partial charge in [-0.1, -0.05) is 160 Å². The lowest BCUT2D eigenvalue weighted by atomic mass is 9.98. The smallest absolute Gasteiger partial charge is 0.168 e. The van der Waals surface area contributed by atoms with Crippen molar-refractivity contribution in [3.8, 4) is 0 Å². The molecule has 0 saturated carbocycles. The van der Waals surface area contributed by atoms with Crippen molar-refractivity contribution in [1.82, 2.24) is 4.90 Å². The van der Waals surface area contributed by atoms with E-state index in [-0.39, 0.29) is 11.9 Å². The molecule has 2 atom stereocenters. The molecule has 0 radical (unpaired) electrons. The number of ether oxygens (including phenoxy) is 2. The number of nitrogens with zero attached hydrogens (tertiary/aromatic N) is 1. The van der Waals surface area contributed by atoms with Crippen molar-refractivity contribution in [3.05, 3.63) is 24.3 Å². The zero-order valence-electron chi connectivity index (χ0n) is 30.6. The SMILES string of the molecule is CCCCC/C=C\C/C=C\CCCCCCCCC1(CCCCCCCCCCCCCCCC)OCC(CCN(C)C)O1. The van der Waals surface area contributed by atoms with Gasteiger partial charge in [0.15, 0.2) is 5.79 Å². The highest BCUT2D eigenvalue weighted by atomic mass is 16.7. The van der Waals surface area contributed by atoms with Crippen LogP contribution in [0.15, 0.2) is 24.3 Å². The Balaban J connectivity index is 2.14. The summed E-state index contributed by atoms with van der Waals surface area (Å²) in [6.45, 7) is 6.44. The quantitative estimate of drug-likeness (QED) is 0.0540. The number of hydrogen-bond donors (Lipinski definition) is 0. The summed E-state index contributed by atoms with van der Waals surface area (Å²) in [6.07, 6.45) is 48.2. The van der Waals surface area contributed by atoms with Crippen molar-refractivity contribution < 1.29 is 9.47 Å². The van der Waals surface area contributed by atoms with E-state index < -0.39 is 0 Å². The largest absolute Gasteiger partial charge is 0.347 e. The summed E-state index contributed by atoms with van der Waals surface area (Å²) in [5.41, 5.74) is 0. The predicted octanol–water partition coefficient (Wildman–Crippen LogP) is 13.1. The van der Waals surface area contributed by atoms with Gasteiger partial charge in [0.2, 0.25) is 0 Å². The second-order valence-corrected chi connectivity index (χ2v) is 14.2. The molecule has 0 spiro atoms. The van der Waals surface area contributed by atoms with E-state index in [9.17, 15) is 0 Å². The van der Waals surface area contributed by atoms with Crippen molar-refractivity contribution in [2.24, 2.45) is 0 Å². The van der Waals surface area contributed by atoms with E-state index >= 15 is 0 Å². The van der Waals surface area contributed by atoms with E-state index in [1.165, 1.54) is 161 Å². The predicted molar refractivity (Wildman–Crippen MR) is 196 cm³/mol. The fourth-order valence-corrected chi connectivity index (χ4v) is 6.52. The Morgan fingerprint density at radius 1 is 0.545 bits per heavy atom. The van der Waals surface area contributed by atoms with E-state index in [2.05, 4.69) is 57.1 Å². The lowest BCUT2D eigenvalue weighted by molar-refractivity contribution is -0.180. The summed E-state index contributed by atoms with van der Waals surface area (Å²) in [5.74, 6) is -0.302. The summed E-state index contributed by atoms with van der Waals surface area (Å²) >= 11 is 0. The fourth-order valence-electron chi connectivity index (χ4n) is 6.52. The third-order valence-corrected chi connectivity index (χ3v) is 9.48. The van der Waals surface area contributed by atoms with Crippen LogP contribution in [0.2, 0.25) is 0 Å². The highest BCUT2D eigenvalue weighted by Crippen LogP contribution is 2.35. The Labute approximate surface area is 277 Å². The van der Waals surface area contributed by atoms with Crippen molar-refractivity contribution >= 4 is 0 Å². The van der Waals surface area contributed by atoms with Gasteiger partial charge in [-0.25, -0.2) is 0 Å². The molecule has 3 heteroatoms. The van der Waals surface area contributed by atoms with Crippen LogP contribution in [0.3, 0.4) is 0 Å². The Morgan fingerprint density at radius 2 is 0.955 bits per heavy atom. The van der Waals surface area contributed by atoms with Gasteiger partial charge in [0.1, 0.15) is 0 Å². The highest BCUT2D eigenvalue weighted by Gasteiger charge is 2.40. The minimum absolute atomic E-state index is 0.272.